The molecule has 0 saturated carbocycles. The molecule has 0 aliphatic heterocycles. The summed E-state index contributed by atoms with van der Waals surface area (Å²) in [5.41, 5.74) is 0.300. The standard InChI is InChI=1S/C27H22ClN5O6/c1-16(24(34)35)14-33-26(36)30-25(32(27(33)37)15-17-6-8-18(28)9-7-17)29-19-10-12-20(13-11-19)38-23-21-4-2-3-5-22(21)39-31-23/h2-13,16H,14-15H2,1H3,(H,34,35)(H,29,30,36)/t16-/m0/s1. The Morgan fingerprint density at radius 2 is 1.77 bits per heavy atom. The van der Waals surface area contributed by atoms with Crippen molar-refractivity contribution >= 4 is 40.2 Å². The monoisotopic (exact) mass is 547 g/mol. The SMILES string of the molecule is C[C@@H](Cn1c(=O)nc(Nc2ccc(Oc3noc4ccccc34)cc2)n(Cc2ccc(Cl)cc2)c1=O)C(=O)O. The number of aliphatic carboxylic acids is 1. The molecule has 12 heteroatoms. The van der Waals surface area contributed by atoms with Crippen LogP contribution in [-0.2, 0) is 17.9 Å². The van der Waals surface area contributed by atoms with Gasteiger partial charge in [-0.25, -0.2) is 14.2 Å². The van der Waals surface area contributed by atoms with E-state index in [0.29, 0.717) is 27.9 Å². The van der Waals surface area contributed by atoms with Crippen molar-refractivity contribution in [3.8, 4) is 11.6 Å². The summed E-state index contributed by atoms with van der Waals surface area (Å²) in [4.78, 5) is 41.5. The zero-order valence-electron chi connectivity index (χ0n) is 20.6. The van der Waals surface area contributed by atoms with Gasteiger partial charge in [-0.2, -0.15) is 4.98 Å². The second-order valence-corrected chi connectivity index (χ2v) is 9.23. The van der Waals surface area contributed by atoms with Crippen molar-refractivity contribution in [1.82, 2.24) is 19.3 Å². The van der Waals surface area contributed by atoms with Crippen LogP contribution in [0.3, 0.4) is 0 Å². The van der Waals surface area contributed by atoms with Gasteiger partial charge < -0.3 is 19.7 Å². The van der Waals surface area contributed by atoms with E-state index in [1.807, 2.05) is 18.2 Å². The zero-order valence-corrected chi connectivity index (χ0v) is 21.3. The number of halogens is 1. The van der Waals surface area contributed by atoms with Gasteiger partial charge in [-0.05, 0) is 59.3 Å². The van der Waals surface area contributed by atoms with Crippen LogP contribution in [0.4, 0.5) is 11.6 Å². The van der Waals surface area contributed by atoms with Crippen molar-refractivity contribution in [1.29, 1.82) is 0 Å². The number of nitrogens with zero attached hydrogens (tertiary/aromatic N) is 4. The largest absolute Gasteiger partial charge is 0.481 e. The van der Waals surface area contributed by atoms with Gasteiger partial charge in [0.15, 0.2) is 5.58 Å². The highest BCUT2D eigenvalue weighted by atomic mass is 35.5. The van der Waals surface area contributed by atoms with Gasteiger partial charge >= 0.3 is 17.3 Å². The van der Waals surface area contributed by atoms with Crippen LogP contribution >= 0.6 is 11.6 Å². The first kappa shape index (κ1) is 25.7. The maximum absolute atomic E-state index is 13.4. The molecular weight excluding hydrogens is 526 g/mol. The predicted molar refractivity (Wildman–Crippen MR) is 144 cm³/mol. The first-order chi connectivity index (χ1) is 18.8. The molecule has 0 unspecified atom stereocenters. The number of para-hydroxylation sites is 1. The number of carboxylic acid groups (broad SMARTS) is 1. The minimum atomic E-state index is -1.13. The number of hydrogen-bond acceptors (Lipinski definition) is 8. The maximum atomic E-state index is 13.4. The second-order valence-electron chi connectivity index (χ2n) is 8.80. The van der Waals surface area contributed by atoms with Crippen molar-refractivity contribution in [2.75, 3.05) is 5.32 Å². The van der Waals surface area contributed by atoms with Crippen LogP contribution in [0.5, 0.6) is 11.6 Å². The molecule has 0 fully saturated rings. The lowest BCUT2D eigenvalue weighted by atomic mass is 10.2. The van der Waals surface area contributed by atoms with Crippen LogP contribution in [0, 0.1) is 5.92 Å². The number of ether oxygens (including phenoxy) is 1. The Hall–Kier alpha value is -4.90. The van der Waals surface area contributed by atoms with E-state index in [0.717, 1.165) is 15.5 Å². The number of hydrogen-bond donors (Lipinski definition) is 2. The highest BCUT2D eigenvalue weighted by Gasteiger charge is 2.19. The number of aromatic nitrogens is 4. The van der Waals surface area contributed by atoms with Gasteiger partial charge in [-0.15, -0.1) is 0 Å². The summed E-state index contributed by atoms with van der Waals surface area (Å²) >= 11 is 5.99. The summed E-state index contributed by atoms with van der Waals surface area (Å²) in [5.74, 6) is -1.29. The van der Waals surface area contributed by atoms with E-state index in [1.165, 1.54) is 11.5 Å². The van der Waals surface area contributed by atoms with Crippen LogP contribution in [0.15, 0.2) is 86.9 Å². The fraction of sp³-hybridized carbons (Fsp3) is 0.148. The van der Waals surface area contributed by atoms with Crippen LogP contribution in [-0.4, -0.2) is 30.4 Å². The highest BCUT2D eigenvalue weighted by molar-refractivity contribution is 6.30. The maximum Gasteiger partial charge on any atom is 0.354 e. The Bertz CT molecular complexity index is 1760. The summed E-state index contributed by atoms with van der Waals surface area (Å²) in [6, 6.07) is 20.9. The van der Waals surface area contributed by atoms with E-state index < -0.39 is 23.3 Å². The molecule has 0 saturated heterocycles. The molecule has 0 aliphatic rings. The Morgan fingerprint density at radius 1 is 1.05 bits per heavy atom. The van der Waals surface area contributed by atoms with Gasteiger partial charge in [-0.1, -0.05) is 42.8 Å². The van der Waals surface area contributed by atoms with Crippen LogP contribution in [0.25, 0.3) is 11.0 Å². The molecule has 1 atom stereocenters. The van der Waals surface area contributed by atoms with E-state index in [1.54, 1.807) is 54.6 Å². The Kier molecular flexibility index (Phi) is 7.15. The van der Waals surface area contributed by atoms with Crippen molar-refractivity contribution in [3.05, 3.63) is 104 Å². The Labute approximate surface area is 225 Å². The van der Waals surface area contributed by atoms with Gasteiger partial charge in [0.1, 0.15) is 5.75 Å². The fourth-order valence-corrected chi connectivity index (χ4v) is 3.96. The molecule has 0 amide bonds. The zero-order chi connectivity index (χ0) is 27.5. The smallest absolute Gasteiger partial charge is 0.354 e. The number of anilines is 2. The van der Waals surface area contributed by atoms with E-state index in [2.05, 4.69) is 15.5 Å². The molecule has 5 rings (SSSR count). The number of rotatable bonds is 9. The first-order valence-corrected chi connectivity index (χ1v) is 12.2. The topological polar surface area (TPSA) is 141 Å². The Balaban J connectivity index is 1.44. The quantitative estimate of drug-likeness (QED) is 0.272. The van der Waals surface area contributed by atoms with Crippen LogP contribution in [0.2, 0.25) is 5.02 Å². The molecule has 0 aliphatic carbocycles. The molecule has 0 bridgehead atoms. The predicted octanol–water partition coefficient (Wildman–Crippen LogP) is 4.50. The van der Waals surface area contributed by atoms with Gasteiger partial charge in [0.25, 0.3) is 5.88 Å². The number of carboxylic acids is 1. The van der Waals surface area contributed by atoms with Gasteiger partial charge in [0, 0.05) is 17.3 Å². The molecule has 39 heavy (non-hydrogen) atoms. The third-order valence-electron chi connectivity index (χ3n) is 5.95. The van der Waals surface area contributed by atoms with E-state index >= 15 is 0 Å². The average molecular weight is 548 g/mol. The van der Waals surface area contributed by atoms with Crippen molar-refractivity contribution < 1.29 is 19.2 Å². The Morgan fingerprint density at radius 3 is 2.49 bits per heavy atom. The van der Waals surface area contributed by atoms with E-state index in [9.17, 15) is 19.5 Å². The van der Waals surface area contributed by atoms with Gasteiger partial charge in [-0.3, -0.25) is 9.36 Å². The van der Waals surface area contributed by atoms with E-state index in [-0.39, 0.29) is 19.0 Å². The lowest BCUT2D eigenvalue weighted by molar-refractivity contribution is -0.141. The van der Waals surface area contributed by atoms with Gasteiger partial charge in [0.2, 0.25) is 5.95 Å². The van der Waals surface area contributed by atoms with Crippen LogP contribution in [0.1, 0.15) is 12.5 Å². The van der Waals surface area contributed by atoms with E-state index in [4.69, 9.17) is 20.9 Å². The van der Waals surface area contributed by atoms with Crippen molar-refractivity contribution in [2.24, 2.45) is 5.92 Å². The van der Waals surface area contributed by atoms with Crippen LogP contribution < -0.4 is 21.4 Å². The minimum absolute atomic E-state index is 0.00431. The summed E-state index contributed by atoms with van der Waals surface area (Å²) < 4.78 is 13.2. The third kappa shape index (κ3) is 5.68. The summed E-state index contributed by atoms with van der Waals surface area (Å²) in [6.45, 7) is 1.16. The molecule has 0 spiro atoms. The first-order valence-electron chi connectivity index (χ1n) is 11.9. The normalized spacial score (nSPS) is 11.8. The number of fused-ring (bicyclic) bond motifs is 1. The highest BCUT2D eigenvalue weighted by Crippen LogP contribution is 2.29. The summed E-state index contributed by atoms with van der Waals surface area (Å²) in [6.07, 6.45) is 0. The summed E-state index contributed by atoms with van der Waals surface area (Å²) in [7, 11) is 0. The molecule has 2 N–H and O–H groups in total. The number of benzene rings is 3. The van der Waals surface area contributed by atoms with Crippen molar-refractivity contribution in [2.45, 2.75) is 20.0 Å². The fourth-order valence-electron chi connectivity index (χ4n) is 3.83. The minimum Gasteiger partial charge on any atom is -0.481 e. The number of nitrogens with one attached hydrogen (secondary N) is 1. The molecule has 198 valence electrons. The number of carbonyl (C=O) groups is 1. The molecule has 11 nitrogen and oxygen atoms in total. The molecular formula is C27H22ClN5O6. The lowest BCUT2D eigenvalue weighted by Crippen LogP contribution is -2.44. The second kappa shape index (κ2) is 10.8. The van der Waals surface area contributed by atoms with Gasteiger partial charge in [0.05, 0.1) is 17.8 Å². The van der Waals surface area contributed by atoms with Crippen molar-refractivity contribution in [3.63, 3.8) is 0 Å². The summed E-state index contributed by atoms with van der Waals surface area (Å²) in [5, 5.41) is 17.5. The molecule has 2 heterocycles. The molecule has 3 aromatic carbocycles. The molecule has 5 aromatic rings. The lowest BCUT2D eigenvalue weighted by Gasteiger charge is -2.16. The third-order valence-corrected chi connectivity index (χ3v) is 6.20. The molecule has 0 radical (unpaired) electrons. The molecule has 2 aromatic heterocycles. The average Bonchev–Trinajstić information content (AvgIpc) is 3.33.